The number of guanidine groups is 1. The number of hydrogen-bond acceptors (Lipinski definition) is 4. The highest BCUT2D eigenvalue weighted by atomic mass is 127. The summed E-state index contributed by atoms with van der Waals surface area (Å²) >= 11 is 3.50. The van der Waals surface area contributed by atoms with Crippen molar-refractivity contribution in [3.63, 3.8) is 0 Å². The number of amides is 1. The van der Waals surface area contributed by atoms with Gasteiger partial charge in [0, 0.05) is 32.7 Å². The van der Waals surface area contributed by atoms with Crippen molar-refractivity contribution in [3.8, 4) is 11.5 Å². The Morgan fingerprint density at radius 3 is 2.76 bits per heavy atom. The summed E-state index contributed by atoms with van der Waals surface area (Å²) in [6.45, 7) is 1.54. The molecule has 2 aromatic carbocycles. The monoisotopic (exact) mass is 574 g/mol. The minimum atomic E-state index is -0.0813. The summed E-state index contributed by atoms with van der Waals surface area (Å²) in [5, 5.41) is 9.22. The molecule has 156 valence electrons. The average molecular weight is 575 g/mol. The summed E-state index contributed by atoms with van der Waals surface area (Å²) in [6.07, 6.45) is 0.779. The average Bonchev–Trinajstić information content (AvgIpc) is 3.19. The molecular formula is C20H24BrIN4O3. The lowest BCUT2D eigenvalue weighted by Gasteiger charge is -2.13. The lowest BCUT2D eigenvalue weighted by molar-refractivity contribution is 0.0963. The lowest BCUT2D eigenvalue weighted by atomic mass is 10.1. The number of rotatable bonds is 6. The van der Waals surface area contributed by atoms with Crippen LogP contribution in [0.5, 0.6) is 11.5 Å². The predicted octanol–water partition coefficient (Wildman–Crippen LogP) is 3.06. The maximum absolute atomic E-state index is 11.7. The summed E-state index contributed by atoms with van der Waals surface area (Å²) in [5.41, 5.74) is 2.80. The Labute approximate surface area is 195 Å². The molecule has 0 bridgehead atoms. The van der Waals surface area contributed by atoms with Crippen molar-refractivity contribution in [3.05, 3.63) is 57.6 Å². The molecule has 0 aromatic heterocycles. The molecule has 9 heteroatoms. The molecule has 0 radical (unpaired) electrons. The van der Waals surface area contributed by atoms with E-state index < -0.39 is 0 Å². The van der Waals surface area contributed by atoms with Gasteiger partial charge in [0.25, 0.3) is 5.91 Å². The van der Waals surface area contributed by atoms with Crippen LogP contribution >= 0.6 is 39.9 Å². The molecule has 29 heavy (non-hydrogen) atoms. The Bertz CT molecular complexity index is 892. The van der Waals surface area contributed by atoms with Crippen LogP contribution in [0.2, 0.25) is 0 Å². The molecular weight excluding hydrogens is 551 g/mol. The minimum Gasteiger partial charge on any atom is -0.454 e. The quantitative estimate of drug-likeness (QED) is 0.281. The zero-order valence-corrected chi connectivity index (χ0v) is 20.2. The molecule has 0 saturated heterocycles. The normalized spacial score (nSPS) is 12.2. The van der Waals surface area contributed by atoms with Crippen LogP contribution in [0.15, 0.2) is 45.9 Å². The first-order valence-electron chi connectivity index (χ1n) is 8.94. The third-order valence-corrected chi connectivity index (χ3v) is 4.88. The van der Waals surface area contributed by atoms with Gasteiger partial charge in [-0.15, -0.1) is 24.0 Å². The second-order valence-electron chi connectivity index (χ2n) is 6.19. The standard InChI is InChI=1S/C20H23BrN4O3.HI/c1-22-19(26)15-5-3-4-13(8-15)6-7-24-20(23-2)25-11-14-9-16(21)18-17(10-14)27-12-28-18;/h3-5,8-10H,6-7,11-12H2,1-2H3,(H,22,26)(H2,23,24,25);1H. The van der Waals surface area contributed by atoms with Gasteiger partial charge in [-0.25, -0.2) is 0 Å². The number of aliphatic imine (C=N–C) groups is 1. The van der Waals surface area contributed by atoms with Crippen molar-refractivity contribution < 1.29 is 14.3 Å². The highest BCUT2D eigenvalue weighted by molar-refractivity contribution is 14.0. The van der Waals surface area contributed by atoms with Crippen LogP contribution in [0.25, 0.3) is 0 Å². The largest absolute Gasteiger partial charge is 0.454 e. The predicted molar refractivity (Wildman–Crippen MR) is 127 cm³/mol. The highest BCUT2D eigenvalue weighted by Gasteiger charge is 2.17. The fraction of sp³-hybridized carbons (Fsp3) is 0.300. The lowest BCUT2D eigenvalue weighted by Crippen LogP contribution is -2.37. The molecule has 1 aliphatic rings. The first-order valence-corrected chi connectivity index (χ1v) is 9.73. The van der Waals surface area contributed by atoms with Gasteiger partial charge in [0.1, 0.15) is 0 Å². The van der Waals surface area contributed by atoms with Gasteiger partial charge in [-0.05, 0) is 57.7 Å². The van der Waals surface area contributed by atoms with E-state index in [1.165, 1.54) is 0 Å². The van der Waals surface area contributed by atoms with Crippen molar-refractivity contribution >= 4 is 51.8 Å². The Kier molecular flexibility index (Phi) is 9.02. The van der Waals surface area contributed by atoms with E-state index >= 15 is 0 Å². The van der Waals surface area contributed by atoms with Gasteiger partial charge in [-0.3, -0.25) is 9.79 Å². The first-order chi connectivity index (χ1) is 13.6. The number of ether oxygens (including phenoxy) is 2. The molecule has 7 nitrogen and oxygen atoms in total. The number of nitrogens with one attached hydrogen (secondary N) is 3. The summed E-state index contributed by atoms with van der Waals surface area (Å²) in [7, 11) is 3.36. The van der Waals surface area contributed by atoms with Crippen molar-refractivity contribution in [2.75, 3.05) is 27.4 Å². The van der Waals surface area contributed by atoms with Gasteiger partial charge >= 0.3 is 0 Å². The SMILES string of the molecule is CN=C(NCCc1cccc(C(=O)NC)c1)NCc1cc(Br)c2c(c1)OCO2.I. The molecule has 1 heterocycles. The Morgan fingerprint density at radius 1 is 1.17 bits per heavy atom. The highest BCUT2D eigenvalue weighted by Crippen LogP contribution is 2.39. The third kappa shape index (κ3) is 6.23. The van der Waals surface area contributed by atoms with E-state index in [-0.39, 0.29) is 36.7 Å². The van der Waals surface area contributed by atoms with Crippen LogP contribution in [0.3, 0.4) is 0 Å². The molecule has 1 aliphatic heterocycles. The van der Waals surface area contributed by atoms with E-state index in [1.807, 2.05) is 30.3 Å². The molecule has 0 saturated carbocycles. The van der Waals surface area contributed by atoms with Crippen LogP contribution < -0.4 is 25.4 Å². The third-order valence-electron chi connectivity index (χ3n) is 4.29. The topological polar surface area (TPSA) is 84.0 Å². The molecule has 0 fully saturated rings. The van der Waals surface area contributed by atoms with Gasteiger partial charge in [0.2, 0.25) is 6.79 Å². The van der Waals surface area contributed by atoms with Gasteiger partial charge in [0.05, 0.1) is 4.47 Å². The van der Waals surface area contributed by atoms with Crippen molar-refractivity contribution in [2.24, 2.45) is 4.99 Å². The first kappa shape index (κ1) is 23.3. The van der Waals surface area contributed by atoms with Crippen molar-refractivity contribution in [1.82, 2.24) is 16.0 Å². The van der Waals surface area contributed by atoms with Gasteiger partial charge in [-0.1, -0.05) is 12.1 Å². The number of benzene rings is 2. The van der Waals surface area contributed by atoms with Gasteiger partial charge in [0.15, 0.2) is 17.5 Å². The van der Waals surface area contributed by atoms with Crippen LogP contribution in [-0.2, 0) is 13.0 Å². The van der Waals surface area contributed by atoms with E-state index in [0.717, 1.165) is 33.5 Å². The number of halogens is 2. The molecule has 0 atom stereocenters. The molecule has 1 amide bonds. The fourth-order valence-electron chi connectivity index (χ4n) is 2.87. The second kappa shape index (κ2) is 11.2. The Balaban J connectivity index is 0.00000300. The van der Waals surface area contributed by atoms with Crippen LogP contribution in [-0.4, -0.2) is 39.3 Å². The van der Waals surface area contributed by atoms with E-state index in [2.05, 4.69) is 36.9 Å². The van der Waals surface area contributed by atoms with Crippen molar-refractivity contribution in [2.45, 2.75) is 13.0 Å². The number of carbonyl (C=O) groups is 1. The molecule has 0 unspecified atom stereocenters. The van der Waals surface area contributed by atoms with Gasteiger partial charge < -0.3 is 25.4 Å². The summed E-state index contributed by atoms with van der Waals surface area (Å²) < 4.78 is 11.7. The Morgan fingerprint density at radius 2 is 2.00 bits per heavy atom. The number of nitrogens with zero attached hydrogens (tertiary/aromatic N) is 1. The van der Waals surface area contributed by atoms with Crippen LogP contribution in [0.4, 0.5) is 0 Å². The molecule has 3 rings (SSSR count). The molecule has 0 aliphatic carbocycles. The van der Waals surface area contributed by atoms with Gasteiger partial charge in [-0.2, -0.15) is 0 Å². The summed E-state index contributed by atoms with van der Waals surface area (Å²) in [6, 6.07) is 11.6. The number of carbonyl (C=O) groups excluding carboxylic acids is 1. The van der Waals surface area contributed by atoms with E-state index in [1.54, 1.807) is 20.2 Å². The smallest absolute Gasteiger partial charge is 0.251 e. The Hall–Kier alpha value is -2.01. The molecule has 0 spiro atoms. The zero-order valence-electron chi connectivity index (χ0n) is 16.3. The summed E-state index contributed by atoms with van der Waals surface area (Å²) in [4.78, 5) is 16.0. The number of hydrogen-bond donors (Lipinski definition) is 3. The van der Waals surface area contributed by atoms with E-state index in [9.17, 15) is 4.79 Å². The summed E-state index contributed by atoms with van der Waals surface area (Å²) in [5.74, 6) is 2.11. The maximum atomic E-state index is 11.7. The van der Waals surface area contributed by atoms with E-state index in [0.29, 0.717) is 24.6 Å². The molecule has 3 N–H and O–H groups in total. The zero-order chi connectivity index (χ0) is 19.9. The minimum absolute atomic E-state index is 0. The van der Waals surface area contributed by atoms with E-state index in [4.69, 9.17) is 9.47 Å². The maximum Gasteiger partial charge on any atom is 0.251 e. The van der Waals surface area contributed by atoms with Crippen LogP contribution in [0.1, 0.15) is 21.5 Å². The van der Waals surface area contributed by atoms with Crippen molar-refractivity contribution in [1.29, 1.82) is 0 Å². The fourth-order valence-corrected chi connectivity index (χ4v) is 3.47. The number of fused-ring (bicyclic) bond motifs is 1. The second-order valence-corrected chi connectivity index (χ2v) is 7.05. The van der Waals surface area contributed by atoms with Crippen LogP contribution in [0, 0.1) is 0 Å². The molecule has 2 aromatic rings.